The van der Waals surface area contributed by atoms with Gasteiger partial charge in [-0.3, -0.25) is 0 Å². The Morgan fingerprint density at radius 1 is 1.28 bits per heavy atom. The highest BCUT2D eigenvalue weighted by molar-refractivity contribution is 9.10. The van der Waals surface area contributed by atoms with Crippen LogP contribution < -0.4 is 10.6 Å². The van der Waals surface area contributed by atoms with Gasteiger partial charge >= 0.3 is 0 Å². The molecule has 0 spiro atoms. The van der Waals surface area contributed by atoms with Gasteiger partial charge in [-0.1, -0.05) is 28.1 Å². The van der Waals surface area contributed by atoms with Crippen LogP contribution in [0.25, 0.3) is 0 Å². The number of nitrogens with one attached hydrogen (secondary N) is 2. The van der Waals surface area contributed by atoms with Gasteiger partial charge in [-0.2, -0.15) is 0 Å². The molecule has 1 atom stereocenters. The molecular weight excluding hydrogens is 290 g/mol. The molecule has 0 aromatic heterocycles. The Hall–Kier alpha value is -0.420. The van der Waals surface area contributed by atoms with Crippen molar-refractivity contribution in [2.45, 2.75) is 12.5 Å². The molecule has 0 radical (unpaired) electrons. The minimum atomic E-state index is 0.452. The minimum Gasteiger partial charge on any atom is -0.314 e. The molecule has 1 fully saturated rings. The molecule has 1 aliphatic rings. The van der Waals surface area contributed by atoms with E-state index in [9.17, 15) is 0 Å². The molecule has 2 rings (SSSR count). The van der Waals surface area contributed by atoms with Crippen LogP contribution in [0.2, 0.25) is 0 Å². The van der Waals surface area contributed by atoms with Crippen molar-refractivity contribution in [3.63, 3.8) is 0 Å². The van der Waals surface area contributed by atoms with Gasteiger partial charge in [0.15, 0.2) is 0 Å². The van der Waals surface area contributed by atoms with E-state index >= 15 is 0 Å². The summed E-state index contributed by atoms with van der Waals surface area (Å²) in [7, 11) is 2.05. The van der Waals surface area contributed by atoms with E-state index in [1.807, 2.05) is 7.05 Å². The summed E-state index contributed by atoms with van der Waals surface area (Å²) in [6.45, 7) is 5.78. The molecule has 0 aliphatic carbocycles. The molecule has 1 unspecified atom stereocenters. The molecule has 1 aliphatic heterocycles. The third-order valence-electron chi connectivity index (χ3n) is 3.56. The van der Waals surface area contributed by atoms with Gasteiger partial charge in [0.05, 0.1) is 0 Å². The van der Waals surface area contributed by atoms with Gasteiger partial charge in [0.25, 0.3) is 0 Å². The lowest BCUT2D eigenvalue weighted by Gasteiger charge is -2.29. The van der Waals surface area contributed by atoms with E-state index in [2.05, 4.69) is 55.7 Å². The topological polar surface area (TPSA) is 27.3 Å². The summed E-state index contributed by atoms with van der Waals surface area (Å²) in [6.07, 6.45) is 1.16. The Kier molecular flexibility index (Phi) is 5.63. The number of hydrogen-bond donors (Lipinski definition) is 2. The fourth-order valence-electron chi connectivity index (χ4n) is 2.42. The van der Waals surface area contributed by atoms with Crippen molar-refractivity contribution in [2.24, 2.45) is 0 Å². The van der Waals surface area contributed by atoms with Crippen LogP contribution in [0.3, 0.4) is 0 Å². The molecule has 0 amide bonds. The van der Waals surface area contributed by atoms with Crippen LogP contribution in [0.1, 0.15) is 18.0 Å². The standard InChI is InChI=1S/C14H22BrN3/c1-16-14(12-2-4-13(15)5-3-12)6-9-18-10-7-17-8-11-18/h2-5,14,16-17H,6-11H2,1H3. The average molecular weight is 312 g/mol. The van der Waals surface area contributed by atoms with Crippen LogP contribution in [-0.4, -0.2) is 44.7 Å². The number of rotatable bonds is 5. The van der Waals surface area contributed by atoms with Gasteiger partial charge in [0.1, 0.15) is 0 Å². The Labute approximate surface area is 118 Å². The maximum atomic E-state index is 3.48. The van der Waals surface area contributed by atoms with Crippen LogP contribution >= 0.6 is 15.9 Å². The summed E-state index contributed by atoms with van der Waals surface area (Å²) in [6, 6.07) is 9.08. The first-order valence-electron chi connectivity index (χ1n) is 6.65. The van der Waals surface area contributed by atoms with Gasteiger partial charge in [0, 0.05) is 43.2 Å². The second-order valence-corrected chi connectivity index (χ2v) is 5.69. The summed E-state index contributed by atoms with van der Waals surface area (Å²) in [5.41, 5.74) is 1.37. The Balaban J connectivity index is 1.86. The second kappa shape index (κ2) is 7.24. The van der Waals surface area contributed by atoms with Crippen LogP contribution in [0.5, 0.6) is 0 Å². The van der Waals surface area contributed by atoms with Gasteiger partial charge < -0.3 is 15.5 Å². The summed E-state index contributed by atoms with van der Waals surface area (Å²) in [5.74, 6) is 0. The molecular formula is C14H22BrN3. The molecule has 100 valence electrons. The molecule has 2 N–H and O–H groups in total. The number of halogens is 1. The first-order chi connectivity index (χ1) is 8.79. The lowest BCUT2D eigenvalue weighted by atomic mass is 10.0. The molecule has 3 nitrogen and oxygen atoms in total. The van der Waals surface area contributed by atoms with E-state index in [0.717, 1.165) is 24.0 Å². The molecule has 4 heteroatoms. The fraction of sp³-hybridized carbons (Fsp3) is 0.571. The van der Waals surface area contributed by atoms with E-state index in [4.69, 9.17) is 0 Å². The Morgan fingerprint density at radius 2 is 1.94 bits per heavy atom. The van der Waals surface area contributed by atoms with Crippen LogP contribution in [0.4, 0.5) is 0 Å². The van der Waals surface area contributed by atoms with Gasteiger partial charge in [-0.05, 0) is 31.2 Å². The van der Waals surface area contributed by atoms with Crippen molar-refractivity contribution in [1.82, 2.24) is 15.5 Å². The number of benzene rings is 1. The SMILES string of the molecule is CNC(CCN1CCNCC1)c1ccc(Br)cc1. The maximum Gasteiger partial charge on any atom is 0.0329 e. The monoisotopic (exact) mass is 311 g/mol. The third-order valence-corrected chi connectivity index (χ3v) is 4.09. The zero-order chi connectivity index (χ0) is 12.8. The van der Waals surface area contributed by atoms with E-state index < -0.39 is 0 Å². The smallest absolute Gasteiger partial charge is 0.0329 e. The van der Waals surface area contributed by atoms with Crippen molar-refractivity contribution in [2.75, 3.05) is 39.8 Å². The molecule has 1 aromatic rings. The Morgan fingerprint density at radius 3 is 2.56 bits per heavy atom. The zero-order valence-corrected chi connectivity index (χ0v) is 12.5. The highest BCUT2D eigenvalue weighted by Crippen LogP contribution is 2.19. The molecule has 1 heterocycles. The van der Waals surface area contributed by atoms with Crippen molar-refractivity contribution in [3.05, 3.63) is 34.3 Å². The Bertz CT molecular complexity index is 347. The largest absolute Gasteiger partial charge is 0.314 e. The molecule has 1 aromatic carbocycles. The summed E-state index contributed by atoms with van der Waals surface area (Å²) >= 11 is 3.48. The number of hydrogen-bond acceptors (Lipinski definition) is 3. The van der Waals surface area contributed by atoms with Crippen LogP contribution in [0.15, 0.2) is 28.7 Å². The average Bonchev–Trinajstić information content (AvgIpc) is 2.42. The molecule has 1 saturated heterocycles. The predicted octanol–water partition coefficient (Wildman–Crippen LogP) is 2.00. The van der Waals surface area contributed by atoms with Gasteiger partial charge in [-0.25, -0.2) is 0 Å². The van der Waals surface area contributed by atoms with E-state index in [-0.39, 0.29) is 0 Å². The van der Waals surface area contributed by atoms with E-state index in [1.165, 1.54) is 25.2 Å². The molecule has 18 heavy (non-hydrogen) atoms. The van der Waals surface area contributed by atoms with Crippen LogP contribution in [-0.2, 0) is 0 Å². The fourth-order valence-corrected chi connectivity index (χ4v) is 2.68. The first-order valence-corrected chi connectivity index (χ1v) is 7.44. The predicted molar refractivity (Wildman–Crippen MR) is 79.9 cm³/mol. The number of piperazine rings is 1. The van der Waals surface area contributed by atoms with Gasteiger partial charge in [-0.15, -0.1) is 0 Å². The van der Waals surface area contributed by atoms with Crippen molar-refractivity contribution in [1.29, 1.82) is 0 Å². The quantitative estimate of drug-likeness (QED) is 0.871. The molecule has 0 bridgehead atoms. The zero-order valence-electron chi connectivity index (χ0n) is 11.0. The highest BCUT2D eigenvalue weighted by Gasteiger charge is 2.13. The van der Waals surface area contributed by atoms with Crippen molar-refractivity contribution < 1.29 is 0 Å². The summed E-state index contributed by atoms with van der Waals surface area (Å²) in [4.78, 5) is 2.54. The van der Waals surface area contributed by atoms with Crippen molar-refractivity contribution in [3.8, 4) is 0 Å². The summed E-state index contributed by atoms with van der Waals surface area (Å²) in [5, 5.41) is 6.81. The van der Waals surface area contributed by atoms with Gasteiger partial charge in [0.2, 0.25) is 0 Å². The lowest BCUT2D eigenvalue weighted by molar-refractivity contribution is 0.229. The first kappa shape index (κ1) is 14.0. The normalized spacial score (nSPS) is 18.8. The van der Waals surface area contributed by atoms with E-state index in [1.54, 1.807) is 0 Å². The maximum absolute atomic E-state index is 3.48. The van der Waals surface area contributed by atoms with Crippen LogP contribution in [0, 0.1) is 0 Å². The second-order valence-electron chi connectivity index (χ2n) is 4.77. The number of nitrogens with zero attached hydrogens (tertiary/aromatic N) is 1. The minimum absolute atomic E-state index is 0.452. The summed E-state index contributed by atoms with van der Waals surface area (Å²) < 4.78 is 1.14. The lowest BCUT2D eigenvalue weighted by Crippen LogP contribution is -2.44. The third kappa shape index (κ3) is 4.05. The van der Waals surface area contributed by atoms with Crippen molar-refractivity contribution >= 4 is 15.9 Å². The molecule has 0 saturated carbocycles. The van der Waals surface area contributed by atoms with E-state index in [0.29, 0.717) is 6.04 Å². The highest BCUT2D eigenvalue weighted by atomic mass is 79.9.